The fourth-order valence-corrected chi connectivity index (χ4v) is 5.52. The van der Waals surface area contributed by atoms with Crippen molar-refractivity contribution in [3.8, 4) is 28.2 Å². The summed E-state index contributed by atoms with van der Waals surface area (Å²) in [5.41, 5.74) is 2.59. The van der Waals surface area contributed by atoms with Crippen molar-refractivity contribution in [1.82, 2.24) is 39.7 Å². The highest BCUT2D eigenvalue weighted by atomic mass is 35.5. The van der Waals surface area contributed by atoms with Crippen molar-refractivity contribution in [2.45, 2.75) is 45.2 Å². The van der Waals surface area contributed by atoms with Gasteiger partial charge in [-0.2, -0.15) is 9.07 Å². The van der Waals surface area contributed by atoms with Gasteiger partial charge in [0.1, 0.15) is 18.0 Å². The second kappa shape index (κ2) is 10.2. The van der Waals surface area contributed by atoms with Crippen LogP contribution in [0.15, 0.2) is 59.8 Å². The van der Waals surface area contributed by atoms with Gasteiger partial charge in [0.2, 0.25) is 5.95 Å². The number of hydrogen-bond acceptors (Lipinski definition) is 7. The predicted molar refractivity (Wildman–Crippen MR) is 152 cm³/mol. The molecule has 1 aromatic carbocycles. The Balaban J connectivity index is 1.32. The second-order valence-corrected chi connectivity index (χ2v) is 11.3. The third-order valence-electron chi connectivity index (χ3n) is 7.13. The van der Waals surface area contributed by atoms with Gasteiger partial charge in [-0.25, -0.2) is 14.8 Å². The van der Waals surface area contributed by atoms with E-state index in [2.05, 4.69) is 30.5 Å². The number of hydrogen-bond donors (Lipinski definition) is 2. The maximum atomic E-state index is 15.1. The molecule has 0 saturated carbocycles. The van der Waals surface area contributed by atoms with Crippen LogP contribution in [0.1, 0.15) is 44.6 Å². The van der Waals surface area contributed by atoms with Gasteiger partial charge < -0.3 is 14.7 Å². The van der Waals surface area contributed by atoms with Gasteiger partial charge in [0.05, 0.1) is 29.2 Å². The number of carbonyl (C=O) groups is 1. The number of anilines is 1. The number of carboxylic acid groups (broad SMARTS) is 1. The topological polar surface area (TPSA) is 148 Å². The summed E-state index contributed by atoms with van der Waals surface area (Å²) in [6.45, 7) is 5.08. The van der Waals surface area contributed by atoms with Gasteiger partial charge in [0, 0.05) is 27.9 Å². The zero-order valence-electron chi connectivity index (χ0n) is 22.8. The number of nitrogens with zero attached hydrogens (tertiary/aromatic N) is 8. The van der Waals surface area contributed by atoms with Crippen LogP contribution in [0.5, 0.6) is 0 Å². The number of imidazole rings is 1. The van der Waals surface area contributed by atoms with E-state index in [9.17, 15) is 14.7 Å². The minimum atomic E-state index is -1.24. The van der Waals surface area contributed by atoms with E-state index in [-0.39, 0.29) is 28.8 Å². The number of pyridine rings is 2. The number of amides is 1. The minimum Gasteiger partial charge on any atom is -0.465 e. The Labute approximate surface area is 243 Å². The number of benzene rings is 1. The molecule has 5 heterocycles. The van der Waals surface area contributed by atoms with Crippen LogP contribution in [-0.4, -0.2) is 56.5 Å². The molecule has 1 unspecified atom stereocenters. The lowest BCUT2D eigenvalue weighted by molar-refractivity contribution is 0.195. The molecule has 0 spiro atoms. The van der Waals surface area contributed by atoms with Crippen LogP contribution in [-0.2, 0) is 6.42 Å². The first-order valence-electron chi connectivity index (χ1n) is 13.0. The van der Waals surface area contributed by atoms with E-state index in [1.807, 2.05) is 6.07 Å². The summed E-state index contributed by atoms with van der Waals surface area (Å²) >= 11 is 6.30. The van der Waals surface area contributed by atoms with Crippen molar-refractivity contribution < 1.29 is 14.3 Å². The van der Waals surface area contributed by atoms with Crippen molar-refractivity contribution in [2.75, 3.05) is 4.90 Å². The fraction of sp³-hybridized carbons (Fsp3) is 0.250. The third kappa shape index (κ3) is 4.81. The summed E-state index contributed by atoms with van der Waals surface area (Å²) in [7, 11) is 0. The average Bonchev–Trinajstić information content (AvgIpc) is 3.69. The summed E-state index contributed by atoms with van der Waals surface area (Å²) in [5.74, 6) is -0.669. The van der Waals surface area contributed by atoms with Crippen LogP contribution in [0.25, 0.3) is 28.2 Å². The molecule has 214 valence electrons. The summed E-state index contributed by atoms with van der Waals surface area (Å²) in [6.07, 6.45) is 3.07. The molecular formula is C28H25ClFN9O3. The number of rotatable bonds is 5. The number of tetrazole rings is 1. The summed E-state index contributed by atoms with van der Waals surface area (Å²) in [5, 5.41) is 21.5. The number of aryl methyl sites for hydroxylation is 1. The molecule has 0 bridgehead atoms. The van der Waals surface area contributed by atoms with Gasteiger partial charge in [-0.05, 0) is 86.0 Å². The summed E-state index contributed by atoms with van der Waals surface area (Å²) < 4.78 is 18.3. The molecular weight excluding hydrogens is 565 g/mol. The highest BCUT2D eigenvalue weighted by molar-refractivity contribution is 6.31. The maximum Gasteiger partial charge on any atom is 0.413 e. The Morgan fingerprint density at radius 3 is 2.67 bits per heavy atom. The van der Waals surface area contributed by atoms with Gasteiger partial charge in [-0.1, -0.05) is 11.6 Å². The van der Waals surface area contributed by atoms with Gasteiger partial charge in [0.15, 0.2) is 0 Å². The number of aromatic amines is 1. The van der Waals surface area contributed by atoms with Gasteiger partial charge >= 0.3 is 6.09 Å². The van der Waals surface area contributed by atoms with Crippen molar-refractivity contribution in [3.63, 3.8) is 0 Å². The first-order valence-corrected chi connectivity index (χ1v) is 13.4. The smallest absolute Gasteiger partial charge is 0.413 e. The van der Waals surface area contributed by atoms with Gasteiger partial charge in [-0.15, -0.1) is 5.10 Å². The molecule has 1 atom stereocenters. The first-order chi connectivity index (χ1) is 20.0. The molecule has 6 rings (SSSR count). The number of fused-ring (bicyclic) bond motifs is 1. The molecule has 14 heteroatoms. The van der Waals surface area contributed by atoms with E-state index in [0.717, 1.165) is 10.6 Å². The van der Waals surface area contributed by atoms with Crippen molar-refractivity contribution >= 4 is 23.5 Å². The molecule has 0 radical (unpaired) electrons. The van der Waals surface area contributed by atoms with Gasteiger partial charge in [0.25, 0.3) is 5.56 Å². The molecule has 0 saturated heterocycles. The van der Waals surface area contributed by atoms with Crippen molar-refractivity contribution in [3.05, 3.63) is 87.7 Å². The number of nitrogens with one attached hydrogen (secondary N) is 1. The van der Waals surface area contributed by atoms with Crippen LogP contribution < -0.4 is 10.5 Å². The Hall–Kier alpha value is -4.91. The molecule has 4 aromatic heterocycles. The molecule has 0 aliphatic carbocycles. The van der Waals surface area contributed by atoms with Crippen LogP contribution in [0.4, 0.5) is 15.0 Å². The van der Waals surface area contributed by atoms with E-state index in [1.54, 1.807) is 55.8 Å². The van der Waals surface area contributed by atoms with Crippen LogP contribution in [0, 0.1) is 5.95 Å². The number of aromatic nitrogens is 8. The SMILES string of the molecule is CC(C)(C)N(C(=O)O)c1ccc(-c2ncc(C3CCc4cc(-c5cc(Cl)ccc5-n5cnnn5)cc(=O)n43)[nH]2)c(F)n1. The largest absolute Gasteiger partial charge is 0.465 e. The monoisotopic (exact) mass is 589 g/mol. The average molecular weight is 590 g/mol. The zero-order valence-corrected chi connectivity index (χ0v) is 23.5. The molecule has 2 N–H and O–H groups in total. The molecule has 12 nitrogen and oxygen atoms in total. The quantitative estimate of drug-likeness (QED) is 0.275. The van der Waals surface area contributed by atoms with E-state index in [0.29, 0.717) is 40.4 Å². The second-order valence-electron chi connectivity index (χ2n) is 10.9. The van der Waals surface area contributed by atoms with E-state index < -0.39 is 17.6 Å². The normalized spacial score (nSPS) is 14.6. The standard InChI is InChI=1S/C28H25ClFN9O3/c1-28(2,3)39(27(41)42)23-9-6-18(25(30)34-23)26-31-13-20(33-26)22-8-5-17-10-15(11-24(40)38(17)22)19-12-16(29)4-7-21(19)37-14-32-35-36-37/h4,6-7,9-14,22H,5,8H2,1-3H3,(H,31,33)(H,41,42). The first kappa shape index (κ1) is 27.3. The van der Waals surface area contributed by atoms with Gasteiger partial charge in [-0.3, -0.25) is 9.69 Å². The zero-order chi connectivity index (χ0) is 29.8. The molecule has 1 amide bonds. The lowest BCUT2D eigenvalue weighted by Crippen LogP contribution is -2.45. The van der Waals surface area contributed by atoms with Crippen LogP contribution in [0.2, 0.25) is 5.02 Å². The van der Waals surface area contributed by atoms with E-state index in [1.165, 1.54) is 23.1 Å². The summed E-state index contributed by atoms with van der Waals surface area (Å²) in [6, 6.07) is 11.3. The summed E-state index contributed by atoms with van der Waals surface area (Å²) in [4.78, 5) is 37.6. The van der Waals surface area contributed by atoms with E-state index >= 15 is 4.39 Å². The van der Waals surface area contributed by atoms with Crippen molar-refractivity contribution in [2.24, 2.45) is 0 Å². The molecule has 5 aromatic rings. The number of halogens is 2. The fourth-order valence-electron chi connectivity index (χ4n) is 5.35. The van der Waals surface area contributed by atoms with Crippen LogP contribution in [0.3, 0.4) is 0 Å². The Kier molecular flexibility index (Phi) is 6.61. The number of H-pyrrole nitrogens is 1. The van der Waals surface area contributed by atoms with Crippen LogP contribution >= 0.6 is 11.6 Å². The molecule has 42 heavy (non-hydrogen) atoms. The highest BCUT2D eigenvalue weighted by Crippen LogP contribution is 2.35. The Morgan fingerprint density at radius 1 is 1.17 bits per heavy atom. The Bertz CT molecular complexity index is 1880. The Morgan fingerprint density at radius 2 is 1.98 bits per heavy atom. The molecule has 1 aliphatic heterocycles. The predicted octanol–water partition coefficient (Wildman–Crippen LogP) is 4.89. The van der Waals surface area contributed by atoms with E-state index in [4.69, 9.17) is 11.6 Å². The van der Waals surface area contributed by atoms with Crippen molar-refractivity contribution in [1.29, 1.82) is 0 Å². The maximum absolute atomic E-state index is 15.1. The lowest BCUT2D eigenvalue weighted by Gasteiger charge is -2.32. The lowest BCUT2D eigenvalue weighted by atomic mass is 10.0. The highest BCUT2D eigenvalue weighted by Gasteiger charge is 2.31. The third-order valence-corrected chi connectivity index (χ3v) is 7.37. The molecule has 1 aliphatic rings. The minimum absolute atomic E-state index is 0.0296. The molecule has 0 fully saturated rings.